The third kappa shape index (κ3) is 2.24. The zero-order valence-electron chi connectivity index (χ0n) is 9.48. The van der Waals surface area contributed by atoms with Gasteiger partial charge in [-0.05, 0) is 12.1 Å². The third-order valence-electron chi connectivity index (χ3n) is 2.46. The van der Waals surface area contributed by atoms with E-state index in [1.165, 1.54) is 11.5 Å². The fraction of sp³-hybridized carbons (Fsp3) is 0. The predicted octanol–water partition coefficient (Wildman–Crippen LogP) is 4.00. The van der Waals surface area contributed by atoms with Crippen molar-refractivity contribution in [2.45, 2.75) is 0 Å². The number of hydrogen-bond acceptors (Lipinski definition) is 4. The van der Waals surface area contributed by atoms with Gasteiger partial charge in [-0.25, -0.2) is 0 Å². The lowest BCUT2D eigenvalue weighted by atomic mass is 10.2. The molecule has 4 heteroatoms. The van der Waals surface area contributed by atoms with Crippen LogP contribution in [0.5, 0.6) is 10.8 Å². The molecule has 0 bridgehead atoms. The molecule has 88 valence electrons. The Balaban J connectivity index is 1.93. The van der Waals surface area contributed by atoms with Gasteiger partial charge in [0.2, 0.25) is 5.06 Å². The van der Waals surface area contributed by atoms with Gasteiger partial charge < -0.3 is 4.74 Å². The van der Waals surface area contributed by atoms with Crippen LogP contribution < -0.4 is 4.74 Å². The summed E-state index contributed by atoms with van der Waals surface area (Å²) >= 11 is 1.26. The lowest BCUT2D eigenvalue weighted by Gasteiger charge is -2.03. The van der Waals surface area contributed by atoms with Crippen LogP contribution in [0.4, 0.5) is 0 Å². The summed E-state index contributed by atoms with van der Waals surface area (Å²) < 4.78 is 9.76. The van der Waals surface area contributed by atoms with Gasteiger partial charge in [0.15, 0.2) is 0 Å². The highest BCUT2D eigenvalue weighted by Gasteiger charge is 2.11. The summed E-state index contributed by atoms with van der Waals surface area (Å²) in [7, 11) is 0. The Bertz CT molecular complexity index is 623. The number of benzene rings is 2. The standard InChI is InChI=1S/C14H10N2OS/c1-3-7-11(8-4-1)13-14(18-16-15-13)17-12-9-5-2-6-10-12/h1-10H. The van der Waals surface area contributed by atoms with Crippen molar-refractivity contribution >= 4 is 11.5 Å². The fourth-order valence-corrected chi connectivity index (χ4v) is 2.19. The number of hydrogen-bond donors (Lipinski definition) is 0. The summed E-state index contributed by atoms with van der Waals surface area (Å²) in [6, 6.07) is 19.6. The van der Waals surface area contributed by atoms with Gasteiger partial charge >= 0.3 is 0 Å². The molecule has 18 heavy (non-hydrogen) atoms. The Morgan fingerprint density at radius 1 is 0.833 bits per heavy atom. The van der Waals surface area contributed by atoms with Crippen molar-refractivity contribution in [2.75, 3.05) is 0 Å². The largest absolute Gasteiger partial charge is 0.443 e. The minimum Gasteiger partial charge on any atom is -0.443 e. The molecular weight excluding hydrogens is 244 g/mol. The van der Waals surface area contributed by atoms with Gasteiger partial charge in [0.1, 0.15) is 11.4 Å². The lowest BCUT2D eigenvalue weighted by molar-refractivity contribution is 0.497. The van der Waals surface area contributed by atoms with E-state index in [0.29, 0.717) is 5.06 Å². The quantitative estimate of drug-likeness (QED) is 0.708. The highest BCUT2D eigenvalue weighted by atomic mass is 32.1. The van der Waals surface area contributed by atoms with Gasteiger partial charge in [0.25, 0.3) is 0 Å². The van der Waals surface area contributed by atoms with E-state index in [4.69, 9.17) is 4.74 Å². The second kappa shape index (κ2) is 4.98. The predicted molar refractivity (Wildman–Crippen MR) is 71.9 cm³/mol. The summed E-state index contributed by atoms with van der Waals surface area (Å²) in [6.07, 6.45) is 0. The molecule has 0 radical (unpaired) electrons. The molecule has 0 aliphatic rings. The Labute approximate surface area is 109 Å². The fourth-order valence-electron chi connectivity index (χ4n) is 1.62. The van der Waals surface area contributed by atoms with Gasteiger partial charge in [0, 0.05) is 17.1 Å². The maximum absolute atomic E-state index is 5.80. The van der Waals surface area contributed by atoms with Crippen LogP contribution in [0.3, 0.4) is 0 Å². The first-order valence-corrected chi connectivity index (χ1v) is 6.31. The molecule has 0 aliphatic heterocycles. The van der Waals surface area contributed by atoms with E-state index >= 15 is 0 Å². The molecule has 1 aromatic heterocycles. The summed E-state index contributed by atoms with van der Waals surface area (Å²) in [6.45, 7) is 0. The van der Waals surface area contributed by atoms with Crippen LogP contribution in [0.15, 0.2) is 60.7 Å². The Morgan fingerprint density at radius 3 is 2.22 bits per heavy atom. The SMILES string of the molecule is c1ccc(Oc2snnc2-c2ccccc2)cc1. The van der Waals surface area contributed by atoms with Crippen LogP contribution in [0.1, 0.15) is 0 Å². The van der Waals surface area contributed by atoms with Crippen molar-refractivity contribution in [2.24, 2.45) is 0 Å². The molecule has 0 atom stereocenters. The van der Waals surface area contributed by atoms with E-state index < -0.39 is 0 Å². The maximum Gasteiger partial charge on any atom is 0.228 e. The van der Waals surface area contributed by atoms with E-state index in [1.807, 2.05) is 60.7 Å². The number of aromatic nitrogens is 2. The molecule has 1 heterocycles. The Kier molecular flexibility index (Phi) is 3.02. The summed E-state index contributed by atoms with van der Waals surface area (Å²) in [5.74, 6) is 0.792. The van der Waals surface area contributed by atoms with Crippen LogP contribution in [-0.2, 0) is 0 Å². The van der Waals surface area contributed by atoms with E-state index in [1.54, 1.807) is 0 Å². The molecule has 0 spiro atoms. The molecule has 3 rings (SSSR count). The summed E-state index contributed by atoms with van der Waals surface area (Å²) in [5, 5.41) is 4.84. The van der Waals surface area contributed by atoms with Crippen molar-refractivity contribution in [1.29, 1.82) is 0 Å². The molecule has 0 amide bonds. The molecule has 0 saturated carbocycles. The molecule has 3 nitrogen and oxygen atoms in total. The van der Waals surface area contributed by atoms with Crippen molar-refractivity contribution < 1.29 is 4.74 Å². The van der Waals surface area contributed by atoms with Gasteiger partial charge in [0.05, 0.1) is 0 Å². The van der Waals surface area contributed by atoms with Crippen LogP contribution in [0.25, 0.3) is 11.3 Å². The van der Waals surface area contributed by atoms with E-state index in [2.05, 4.69) is 9.59 Å². The Hall–Kier alpha value is -2.20. The lowest BCUT2D eigenvalue weighted by Crippen LogP contribution is -1.84. The first-order chi connectivity index (χ1) is 8.93. The molecule has 0 aliphatic carbocycles. The normalized spacial score (nSPS) is 10.2. The van der Waals surface area contributed by atoms with Crippen LogP contribution in [0.2, 0.25) is 0 Å². The molecule has 0 fully saturated rings. The monoisotopic (exact) mass is 254 g/mol. The zero-order valence-corrected chi connectivity index (χ0v) is 10.3. The summed E-state index contributed by atoms with van der Waals surface area (Å²) in [4.78, 5) is 0. The average molecular weight is 254 g/mol. The first-order valence-electron chi connectivity index (χ1n) is 5.54. The maximum atomic E-state index is 5.80. The molecule has 2 aromatic carbocycles. The van der Waals surface area contributed by atoms with Crippen LogP contribution >= 0.6 is 11.5 Å². The van der Waals surface area contributed by atoms with E-state index in [-0.39, 0.29) is 0 Å². The van der Waals surface area contributed by atoms with Gasteiger partial charge in [-0.3, -0.25) is 0 Å². The highest BCUT2D eigenvalue weighted by Crippen LogP contribution is 2.34. The zero-order chi connectivity index (χ0) is 12.2. The summed E-state index contributed by atoms with van der Waals surface area (Å²) in [5.41, 5.74) is 1.79. The Morgan fingerprint density at radius 2 is 1.50 bits per heavy atom. The second-order valence-electron chi connectivity index (χ2n) is 3.69. The molecule has 0 unspecified atom stereocenters. The number of para-hydroxylation sites is 1. The third-order valence-corrected chi connectivity index (χ3v) is 3.06. The molecule has 3 aromatic rings. The molecule has 0 N–H and O–H groups in total. The molecular formula is C14H10N2OS. The van der Waals surface area contributed by atoms with Gasteiger partial charge in [-0.1, -0.05) is 53.0 Å². The van der Waals surface area contributed by atoms with Crippen molar-refractivity contribution in [3.05, 3.63) is 60.7 Å². The molecule has 0 saturated heterocycles. The van der Waals surface area contributed by atoms with Gasteiger partial charge in [-0.2, -0.15) is 0 Å². The van der Waals surface area contributed by atoms with Crippen LogP contribution in [0, 0.1) is 0 Å². The topological polar surface area (TPSA) is 35.0 Å². The van der Waals surface area contributed by atoms with Crippen molar-refractivity contribution in [3.8, 4) is 22.1 Å². The number of ether oxygens (including phenoxy) is 1. The minimum absolute atomic E-state index is 0.715. The van der Waals surface area contributed by atoms with Crippen molar-refractivity contribution in [1.82, 2.24) is 9.59 Å². The average Bonchev–Trinajstić information content (AvgIpc) is 2.89. The van der Waals surface area contributed by atoms with Crippen LogP contribution in [-0.4, -0.2) is 9.59 Å². The van der Waals surface area contributed by atoms with Gasteiger partial charge in [-0.15, -0.1) is 5.10 Å². The smallest absolute Gasteiger partial charge is 0.228 e. The van der Waals surface area contributed by atoms with Crippen molar-refractivity contribution in [3.63, 3.8) is 0 Å². The second-order valence-corrected chi connectivity index (χ2v) is 4.41. The number of rotatable bonds is 3. The first kappa shape index (κ1) is 10.9. The van der Waals surface area contributed by atoms with E-state index in [9.17, 15) is 0 Å². The minimum atomic E-state index is 0.715. The number of nitrogens with zero attached hydrogens (tertiary/aromatic N) is 2. The van der Waals surface area contributed by atoms with E-state index in [0.717, 1.165) is 17.0 Å². The highest BCUT2D eigenvalue weighted by molar-refractivity contribution is 7.08.